The van der Waals surface area contributed by atoms with E-state index >= 15 is 0 Å². The van der Waals surface area contributed by atoms with Crippen molar-refractivity contribution in [1.82, 2.24) is 34.3 Å². The molecule has 4 rings (SSSR count). The number of halogens is 1. The molecule has 1 aliphatic rings. The maximum atomic E-state index is 12.0. The van der Waals surface area contributed by atoms with E-state index in [2.05, 4.69) is 30.5 Å². The zero-order chi connectivity index (χ0) is 28.3. The predicted molar refractivity (Wildman–Crippen MR) is 137 cm³/mol. The highest BCUT2D eigenvalue weighted by Crippen LogP contribution is 2.37. The van der Waals surface area contributed by atoms with Gasteiger partial charge in [0.2, 0.25) is 5.28 Å². The molecule has 0 aromatic carbocycles. The number of esters is 3. The van der Waals surface area contributed by atoms with Crippen LogP contribution >= 0.6 is 23.4 Å². The van der Waals surface area contributed by atoms with Crippen molar-refractivity contribution in [2.45, 2.75) is 63.4 Å². The summed E-state index contributed by atoms with van der Waals surface area (Å²) in [6.07, 6.45) is -1.08. The number of anilines is 1. The van der Waals surface area contributed by atoms with Crippen molar-refractivity contribution >= 4 is 58.3 Å². The van der Waals surface area contributed by atoms with Crippen LogP contribution in [-0.2, 0) is 40.4 Å². The number of aryl methyl sites for hydroxylation is 1. The van der Waals surface area contributed by atoms with E-state index in [9.17, 15) is 14.4 Å². The average Bonchev–Trinajstić information content (AvgIpc) is 3.53. The maximum Gasteiger partial charge on any atom is 0.303 e. The number of nitrogens with one attached hydrogen (secondary N) is 1. The molecule has 5 atom stereocenters. The van der Waals surface area contributed by atoms with Crippen LogP contribution in [0.15, 0.2) is 17.8 Å². The number of carbonyl (C=O) groups is 3. The first-order valence-corrected chi connectivity index (χ1v) is 13.2. The van der Waals surface area contributed by atoms with E-state index in [0.29, 0.717) is 17.1 Å². The van der Waals surface area contributed by atoms with Gasteiger partial charge in [-0.05, 0) is 18.5 Å². The molecule has 1 N–H and O–H groups in total. The lowest BCUT2D eigenvalue weighted by atomic mass is 10.1. The van der Waals surface area contributed by atoms with Gasteiger partial charge in [-0.1, -0.05) is 11.8 Å². The first-order valence-electron chi connectivity index (χ1n) is 11.8. The van der Waals surface area contributed by atoms with Crippen molar-refractivity contribution in [2.75, 3.05) is 17.7 Å². The summed E-state index contributed by atoms with van der Waals surface area (Å²) in [6.45, 7) is 5.39. The monoisotopic (exact) mass is 582 g/mol. The lowest BCUT2D eigenvalue weighted by molar-refractivity contribution is -0.166. The first kappa shape index (κ1) is 28.5. The third kappa shape index (κ3) is 6.75. The van der Waals surface area contributed by atoms with Gasteiger partial charge < -0.3 is 28.8 Å². The lowest BCUT2D eigenvalue weighted by Crippen LogP contribution is -2.40. The fourth-order valence-corrected chi connectivity index (χ4v) is 4.97. The smallest absolute Gasteiger partial charge is 0.303 e. The van der Waals surface area contributed by atoms with Crippen molar-refractivity contribution in [1.29, 1.82) is 0 Å². The number of imidazole rings is 1. The van der Waals surface area contributed by atoms with Crippen LogP contribution in [0.25, 0.3) is 11.2 Å². The summed E-state index contributed by atoms with van der Waals surface area (Å²) in [5.41, 5.74) is 0.662. The molecule has 15 nitrogen and oxygen atoms in total. The number of fused-ring (bicyclic) bond motifs is 1. The topological polar surface area (TPSA) is 174 Å². The number of hydrogen-bond donors (Lipinski definition) is 1. The van der Waals surface area contributed by atoms with Crippen LogP contribution in [-0.4, -0.2) is 88.9 Å². The van der Waals surface area contributed by atoms with Crippen molar-refractivity contribution in [3.8, 4) is 0 Å². The summed E-state index contributed by atoms with van der Waals surface area (Å²) in [5, 5.41) is 11.9. The highest BCUT2D eigenvalue weighted by molar-refractivity contribution is 7.99. The van der Waals surface area contributed by atoms with Crippen molar-refractivity contribution < 1.29 is 33.3 Å². The quantitative estimate of drug-likeness (QED) is 0.157. The normalized spacial score (nSPS) is 21.5. The Morgan fingerprint density at radius 3 is 2.49 bits per heavy atom. The Hall–Kier alpha value is -3.50. The fraction of sp³-hybridized carbons (Fsp3) is 0.545. The van der Waals surface area contributed by atoms with Gasteiger partial charge in [0.25, 0.3) is 0 Å². The second-order valence-corrected chi connectivity index (χ2v) is 10.1. The first-order chi connectivity index (χ1) is 18.5. The van der Waals surface area contributed by atoms with Gasteiger partial charge >= 0.3 is 17.9 Å². The zero-order valence-corrected chi connectivity index (χ0v) is 23.3. The Balaban J connectivity index is 1.63. The minimum absolute atomic E-state index is 0.0602. The molecule has 4 heterocycles. The minimum Gasteiger partial charge on any atom is -0.463 e. The summed E-state index contributed by atoms with van der Waals surface area (Å²) >= 11 is 7.78. The SMILES string of the molecule is CC(=O)OC[C@H]1O[C@@H](n2cnc3c(N[C@H](C)CSc4nncn4C)nc(Cl)nc32)[C@H](OC(C)=O)[C@@H]1OC(C)=O. The van der Waals surface area contributed by atoms with Crippen LogP contribution in [0.1, 0.15) is 33.9 Å². The molecule has 1 saturated heterocycles. The van der Waals surface area contributed by atoms with Gasteiger partial charge in [0.15, 0.2) is 40.6 Å². The average molecular weight is 583 g/mol. The summed E-state index contributed by atoms with van der Waals surface area (Å²) in [7, 11) is 1.86. The summed E-state index contributed by atoms with van der Waals surface area (Å²) in [6, 6.07) is -0.0796. The van der Waals surface area contributed by atoms with Gasteiger partial charge in [0.1, 0.15) is 19.0 Å². The summed E-state index contributed by atoms with van der Waals surface area (Å²) in [4.78, 5) is 48.3. The third-order valence-electron chi connectivity index (χ3n) is 5.52. The minimum atomic E-state index is -1.10. The molecule has 0 saturated carbocycles. The number of ether oxygens (including phenoxy) is 4. The number of aromatic nitrogens is 7. The molecule has 0 bridgehead atoms. The lowest BCUT2D eigenvalue weighted by Gasteiger charge is -2.23. The van der Waals surface area contributed by atoms with E-state index in [-0.39, 0.29) is 23.6 Å². The van der Waals surface area contributed by atoms with Gasteiger partial charge in [-0.3, -0.25) is 19.0 Å². The Labute approximate surface area is 231 Å². The molecule has 0 spiro atoms. The fourth-order valence-electron chi connectivity index (χ4n) is 3.97. The number of thioether (sulfide) groups is 1. The second kappa shape index (κ2) is 12.1. The van der Waals surface area contributed by atoms with Crippen molar-refractivity contribution in [2.24, 2.45) is 7.05 Å². The predicted octanol–water partition coefficient (Wildman–Crippen LogP) is 1.52. The Morgan fingerprint density at radius 1 is 1.13 bits per heavy atom. The van der Waals surface area contributed by atoms with Gasteiger partial charge in [0.05, 0.1) is 6.33 Å². The number of hydrogen-bond acceptors (Lipinski definition) is 14. The highest BCUT2D eigenvalue weighted by atomic mass is 35.5. The van der Waals surface area contributed by atoms with E-state index in [4.69, 9.17) is 30.5 Å². The van der Waals surface area contributed by atoms with Crippen LogP contribution < -0.4 is 5.32 Å². The molecule has 0 aliphatic carbocycles. The summed E-state index contributed by atoms with van der Waals surface area (Å²) < 4.78 is 25.4. The van der Waals surface area contributed by atoms with E-state index in [1.54, 1.807) is 6.33 Å². The molecule has 0 amide bonds. The Kier molecular flexibility index (Phi) is 8.87. The maximum absolute atomic E-state index is 12.0. The Morgan fingerprint density at radius 2 is 1.85 bits per heavy atom. The molecule has 3 aromatic rings. The van der Waals surface area contributed by atoms with Crippen LogP contribution in [0.4, 0.5) is 5.82 Å². The van der Waals surface area contributed by atoms with Crippen LogP contribution in [0, 0.1) is 0 Å². The second-order valence-electron chi connectivity index (χ2n) is 8.76. The summed E-state index contributed by atoms with van der Waals surface area (Å²) in [5.74, 6) is -0.798. The molecular formula is C22H27ClN8O7S. The van der Waals surface area contributed by atoms with Gasteiger partial charge in [-0.25, -0.2) is 4.98 Å². The van der Waals surface area contributed by atoms with Crippen LogP contribution in [0.2, 0.25) is 5.28 Å². The molecule has 3 aromatic heterocycles. The standard InChI is InChI=1S/C22H27ClN8O7S/c1-10(7-39-22-29-25-9-30(22)5)26-18-15-19(28-21(23)27-18)31(8-24-15)20-17(37-13(4)34)16(36-12(3)33)14(38-20)6-35-11(2)32/h8-10,14,16-17,20H,6-7H2,1-5H3,(H,26,27,28)/t10-,14-,16-,17-,20-/m1/s1. The van der Waals surface area contributed by atoms with Gasteiger partial charge in [-0.15, -0.1) is 10.2 Å². The number of rotatable bonds is 10. The zero-order valence-electron chi connectivity index (χ0n) is 21.7. The largest absolute Gasteiger partial charge is 0.463 e. The van der Waals surface area contributed by atoms with Crippen LogP contribution in [0.5, 0.6) is 0 Å². The molecule has 1 fully saturated rings. The molecule has 39 heavy (non-hydrogen) atoms. The molecular weight excluding hydrogens is 556 g/mol. The Bertz CT molecular complexity index is 1370. The van der Waals surface area contributed by atoms with E-state index in [0.717, 1.165) is 5.16 Å². The van der Waals surface area contributed by atoms with Gasteiger partial charge in [-0.2, -0.15) is 9.97 Å². The third-order valence-corrected chi connectivity index (χ3v) is 6.99. The molecule has 210 valence electrons. The van der Waals surface area contributed by atoms with Crippen molar-refractivity contribution in [3.63, 3.8) is 0 Å². The molecule has 0 radical (unpaired) electrons. The molecule has 17 heteroatoms. The van der Waals surface area contributed by atoms with E-state index in [1.807, 2.05) is 18.5 Å². The molecule has 0 unspecified atom stereocenters. The van der Waals surface area contributed by atoms with Crippen LogP contribution in [0.3, 0.4) is 0 Å². The van der Waals surface area contributed by atoms with Gasteiger partial charge in [0, 0.05) is 39.6 Å². The highest BCUT2D eigenvalue weighted by Gasteiger charge is 2.51. The number of carbonyl (C=O) groups excluding carboxylic acids is 3. The van der Waals surface area contributed by atoms with Crippen molar-refractivity contribution in [3.05, 3.63) is 17.9 Å². The molecule has 1 aliphatic heterocycles. The number of nitrogens with zero attached hydrogens (tertiary/aromatic N) is 7. The van der Waals surface area contributed by atoms with E-state index in [1.165, 1.54) is 43.4 Å². The van der Waals surface area contributed by atoms with E-state index < -0.39 is 42.4 Å².